The van der Waals surface area contributed by atoms with Gasteiger partial charge in [0.15, 0.2) is 0 Å². The molecular formula is C16H24N2O2. The Morgan fingerprint density at radius 2 is 2.25 bits per heavy atom. The first-order valence-electron chi connectivity index (χ1n) is 7.40. The molecule has 0 saturated heterocycles. The molecule has 0 aromatic carbocycles. The summed E-state index contributed by atoms with van der Waals surface area (Å²) in [4.78, 5) is 15.9. The van der Waals surface area contributed by atoms with Crippen molar-refractivity contribution < 1.29 is 9.53 Å². The Balaban J connectivity index is 1.83. The number of rotatable bonds is 7. The Morgan fingerprint density at radius 3 is 2.90 bits per heavy atom. The highest BCUT2D eigenvalue weighted by molar-refractivity contribution is 5.80. The first-order chi connectivity index (χ1) is 9.58. The Bertz CT molecular complexity index is 454. The van der Waals surface area contributed by atoms with Gasteiger partial charge in [-0.2, -0.15) is 0 Å². The van der Waals surface area contributed by atoms with Crippen LogP contribution in [-0.4, -0.2) is 30.0 Å². The minimum absolute atomic E-state index is 0.112. The van der Waals surface area contributed by atoms with Gasteiger partial charge < -0.3 is 10.1 Å². The fraction of sp³-hybridized carbons (Fsp3) is 0.625. The summed E-state index contributed by atoms with van der Waals surface area (Å²) in [7, 11) is 1.98. The van der Waals surface area contributed by atoms with Gasteiger partial charge in [-0.15, -0.1) is 0 Å². The second-order valence-electron chi connectivity index (χ2n) is 5.82. The van der Waals surface area contributed by atoms with Crippen LogP contribution in [0.15, 0.2) is 18.3 Å². The lowest BCUT2D eigenvalue weighted by molar-refractivity contribution is -0.121. The Morgan fingerprint density at radius 1 is 1.50 bits per heavy atom. The largest absolute Gasteiger partial charge is 0.474 e. The zero-order valence-electron chi connectivity index (χ0n) is 12.6. The van der Waals surface area contributed by atoms with Gasteiger partial charge >= 0.3 is 0 Å². The van der Waals surface area contributed by atoms with Gasteiger partial charge in [-0.3, -0.25) is 4.79 Å². The highest BCUT2D eigenvalue weighted by Gasteiger charge is 2.29. The summed E-state index contributed by atoms with van der Waals surface area (Å²) in [6.45, 7) is 3.89. The van der Waals surface area contributed by atoms with E-state index >= 15 is 0 Å². The zero-order valence-corrected chi connectivity index (χ0v) is 12.6. The molecule has 0 amide bonds. The van der Waals surface area contributed by atoms with Crippen LogP contribution >= 0.6 is 0 Å². The van der Waals surface area contributed by atoms with Crippen molar-refractivity contribution in [2.24, 2.45) is 5.92 Å². The van der Waals surface area contributed by atoms with Crippen molar-refractivity contribution in [1.29, 1.82) is 0 Å². The minimum Gasteiger partial charge on any atom is -0.474 e. The molecule has 0 spiro atoms. The number of aryl methyl sites for hydroxylation is 1. The molecular weight excluding hydrogens is 252 g/mol. The lowest BCUT2D eigenvalue weighted by Crippen LogP contribution is -2.45. The molecule has 110 valence electrons. The molecule has 0 aliphatic heterocycles. The van der Waals surface area contributed by atoms with E-state index in [1.165, 1.54) is 0 Å². The molecule has 0 bridgehead atoms. The zero-order chi connectivity index (χ0) is 14.5. The third kappa shape index (κ3) is 4.04. The normalized spacial score (nSPS) is 21.6. The Kier molecular flexibility index (Phi) is 5.12. The predicted octanol–water partition coefficient (Wildman–Crippen LogP) is 2.37. The van der Waals surface area contributed by atoms with E-state index in [-0.39, 0.29) is 12.0 Å². The number of nitrogens with one attached hydrogen (secondary N) is 1. The molecule has 20 heavy (non-hydrogen) atoms. The van der Waals surface area contributed by atoms with Crippen molar-refractivity contribution in [2.75, 3.05) is 7.05 Å². The second-order valence-corrected chi connectivity index (χ2v) is 5.82. The molecule has 4 heteroatoms. The molecule has 1 aromatic rings. The van der Waals surface area contributed by atoms with Crippen LogP contribution in [0.3, 0.4) is 0 Å². The van der Waals surface area contributed by atoms with Crippen LogP contribution < -0.4 is 10.1 Å². The fourth-order valence-electron chi connectivity index (χ4n) is 2.29. The van der Waals surface area contributed by atoms with Gasteiger partial charge in [0.2, 0.25) is 5.88 Å². The van der Waals surface area contributed by atoms with Crippen LogP contribution in [0, 0.1) is 5.92 Å². The number of carbonyl (C=O) groups excluding carboxylic acids is 1. The number of aromatic nitrogens is 1. The number of nitrogens with zero attached hydrogens (tertiary/aromatic N) is 1. The number of carbonyl (C=O) groups is 1. The first kappa shape index (κ1) is 15.0. The van der Waals surface area contributed by atoms with E-state index in [4.69, 9.17) is 4.74 Å². The molecule has 0 atom stereocenters. The Labute approximate surface area is 120 Å². The molecule has 2 rings (SSSR count). The molecule has 1 heterocycles. The Hall–Kier alpha value is -1.42. The van der Waals surface area contributed by atoms with Crippen LogP contribution in [-0.2, 0) is 11.2 Å². The third-order valence-electron chi connectivity index (χ3n) is 3.89. The summed E-state index contributed by atoms with van der Waals surface area (Å²) in [6.07, 6.45) is 5.46. The summed E-state index contributed by atoms with van der Waals surface area (Å²) in [6, 6.07) is 4.49. The van der Waals surface area contributed by atoms with Crippen LogP contribution in [0.2, 0.25) is 0 Å². The van der Waals surface area contributed by atoms with Crippen molar-refractivity contribution in [1.82, 2.24) is 10.3 Å². The summed E-state index contributed by atoms with van der Waals surface area (Å²) >= 11 is 0. The van der Waals surface area contributed by atoms with E-state index in [0.29, 0.717) is 24.1 Å². The molecule has 1 aliphatic rings. The third-order valence-corrected chi connectivity index (χ3v) is 3.89. The van der Waals surface area contributed by atoms with Crippen molar-refractivity contribution in [2.45, 2.75) is 51.7 Å². The average molecular weight is 276 g/mol. The lowest BCUT2D eigenvalue weighted by atomic mass is 9.89. The van der Waals surface area contributed by atoms with Crippen molar-refractivity contribution in [3.05, 3.63) is 23.9 Å². The molecule has 1 fully saturated rings. The maximum absolute atomic E-state index is 11.6. The summed E-state index contributed by atoms with van der Waals surface area (Å²) in [5.74, 6) is 1.10. The molecule has 0 radical (unpaired) electrons. The molecule has 1 aromatic heterocycles. The molecule has 1 N–H and O–H groups in total. The predicted molar refractivity (Wildman–Crippen MR) is 78.9 cm³/mol. The topological polar surface area (TPSA) is 51.2 Å². The second kappa shape index (κ2) is 6.84. The number of ether oxygens (including phenoxy) is 1. The number of pyridine rings is 1. The van der Waals surface area contributed by atoms with Gasteiger partial charge in [-0.05, 0) is 37.9 Å². The minimum atomic E-state index is 0.112. The number of hydrogen-bond donors (Lipinski definition) is 1. The first-order valence-corrected chi connectivity index (χ1v) is 7.40. The van der Waals surface area contributed by atoms with Crippen molar-refractivity contribution in [3.63, 3.8) is 0 Å². The van der Waals surface area contributed by atoms with E-state index in [1.54, 1.807) is 6.20 Å². The SMILES string of the molecule is CNC1CC(Oc2cc(CCC(=O)C(C)C)ccn2)C1. The van der Waals surface area contributed by atoms with Crippen molar-refractivity contribution >= 4 is 5.78 Å². The maximum atomic E-state index is 11.6. The molecule has 4 nitrogen and oxygen atoms in total. The quantitative estimate of drug-likeness (QED) is 0.830. The summed E-state index contributed by atoms with van der Waals surface area (Å²) in [5, 5.41) is 3.23. The monoisotopic (exact) mass is 276 g/mol. The van der Waals surface area contributed by atoms with Gasteiger partial charge in [0.1, 0.15) is 11.9 Å². The number of ketones is 1. The molecule has 1 aliphatic carbocycles. The average Bonchev–Trinajstić information content (AvgIpc) is 2.40. The molecule has 0 unspecified atom stereocenters. The number of Topliss-reactive ketones (excluding diaryl/α,β-unsaturated/α-hetero) is 1. The smallest absolute Gasteiger partial charge is 0.213 e. The fourth-order valence-corrected chi connectivity index (χ4v) is 2.29. The van der Waals surface area contributed by atoms with Gasteiger partial charge in [0.05, 0.1) is 0 Å². The van der Waals surface area contributed by atoms with Crippen molar-refractivity contribution in [3.8, 4) is 5.88 Å². The lowest BCUT2D eigenvalue weighted by Gasteiger charge is -2.34. The van der Waals surface area contributed by atoms with E-state index in [9.17, 15) is 4.79 Å². The van der Waals surface area contributed by atoms with Gasteiger partial charge in [0.25, 0.3) is 0 Å². The summed E-state index contributed by atoms with van der Waals surface area (Å²) < 4.78 is 5.84. The van der Waals surface area contributed by atoms with E-state index in [2.05, 4.69) is 10.3 Å². The van der Waals surface area contributed by atoms with Gasteiger partial charge in [-0.1, -0.05) is 13.8 Å². The van der Waals surface area contributed by atoms with Crippen LogP contribution in [0.4, 0.5) is 0 Å². The van der Waals surface area contributed by atoms with E-state index in [1.807, 2.05) is 33.0 Å². The number of hydrogen-bond acceptors (Lipinski definition) is 4. The van der Waals surface area contributed by atoms with Crippen LogP contribution in [0.25, 0.3) is 0 Å². The standard InChI is InChI=1S/C16H24N2O2/c1-11(2)15(19)5-4-12-6-7-18-16(8-12)20-14-9-13(10-14)17-3/h6-8,11,13-14,17H,4-5,9-10H2,1-3H3. The highest BCUT2D eigenvalue weighted by atomic mass is 16.5. The highest BCUT2D eigenvalue weighted by Crippen LogP contribution is 2.25. The van der Waals surface area contributed by atoms with Gasteiger partial charge in [-0.25, -0.2) is 4.98 Å². The van der Waals surface area contributed by atoms with E-state index < -0.39 is 0 Å². The van der Waals surface area contributed by atoms with Crippen LogP contribution in [0.5, 0.6) is 5.88 Å². The van der Waals surface area contributed by atoms with Crippen LogP contribution in [0.1, 0.15) is 38.7 Å². The maximum Gasteiger partial charge on any atom is 0.213 e. The van der Waals surface area contributed by atoms with Gasteiger partial charge in [0, 0.05) is 30.6 Å². The van der Waals surface area contributed by atoms with E-state index in [0.717, 1.165) is 24.8 Å². The molecule has 1 saturated carbocycles. The summed E-state index contributed by atoms with van der Waals surface area (Å²) in [5.41, 5.74) is 1.12.